The van der Waals surface area contributed by atoms with E-state index in [2.05, 4.69) is 5.32 Å². The summed E-state index contributed by atoms with van der Waals surface area (Å²) in [5.74, 6) is 1.07. The quantitative estimate of drug-likeness (QED) is 0.740. The van der Waals surface area contributed by atoms with E-state index in [1.165, 1.54) is 0 Å². The van der Waals surface area contributed by atoms with Gasteiger partial charge in [0.05, 0.1) is 12.1 Å². The van der Waals surface area contributed by atoms with Crippen LogP contribution < -0.4 is 10.1 Å². The molecule has 0 radical (unpaired) electrons. The fourth-order valence-electron chi connectivity index (χ4n) is 1.64. The maximum Gasteiger partial charge on any atom is 0.251 e. The minimum atomic E-state index is -0.569. The Labute approximate surface area is 130 Å². The molecule has 3 nitrogen and oxygen atoms in total. The first-order chi connectivity index (χ1) is 9.60. The van der Waals surface area contributed by atoms with Crippen LogP contribution in [0.4, 0.5) is 0 Å². The Balaban J connectivity index is 2.81. The van der Waals surface area contributed by atoms with Gasteiger partial charge < -0.3 is 10.1 Å². The highest BCUT2D eigenvalue weighted by Crippen LogP contribution is 2.18. The number of benzene rings is 1. The Morgan fingerprint density at radius 2 is 2.00 bits per heavy atom. The molecule has 1 aromatic rings. The van der Waals surface area contributed by atoms with Crippen molar-refractivity contribution in [1.29, 1.82) is 0 Å². The lowest BCUT2D eigenvalue weighted by molar-refractivity contribution is 0.0913. The molecule has 5 heteroatoms. The minimum absolute atomic E-state index is 0.185. The third kappa shape index (κ3) is 4.57. The number of ether oxygens (including phenoxy) is 1. The van der Waals surface area contributed by atoms with Gasteiger partial charge in [-0.1, -0.05) is 19.9 Å². The highest BCUT2D eigenvalue weighted by atomic mass is 35.5. The van der Waals surface area contributed by atoms with Crippen LogP contribution in [0.2, 0.25) is 0 Å². The van der Waals surface area contributed by atoms with Gasteiger partial charge in [0.2, 0.25) is 0 Å². The molecule has 0 unspecified atom stereocenters. The fraction of sp³-hybridized carbons (Fsp3) is 0.533. The van der Waals surface area contributed by atoms with Crippen LogP contribution in [0.15, 0.2) is 24.3 Å². The molecule has 1 amide bonds. The van der Waals surface area contributed by atoms with Crippen LogP contribution in [0.1, 0.15) is 37.0 Å². The van der Waals surface area contributed by atoms with Crippen molar-refractivity contribution in [2.45, 2.75) is 32.2 Å². The van der Waals surface area contributed by atoms with E-state index >= 15 is 0 Å². The number of carbonyl (C=O) groups is 1. The van der Waals surface area contributed by atoms with Crippen molar-refractivity contribution in [3.63, 3.8) is 0 Å². The number of hydrogen-bond donors (Lipinski definition) is 1. The third-order valence-electron chi connectivity index (χ3n) is 3.14. The Morgan fingerprint density at radius 3 is 2.55 bits per heavy atom. The molecule has 0 atom stereocenters. The zero-order valence-electron chi connectivity index (χ0n) is 11.9. The molecule has 0 heterocycles. The maximum absolute atomic E-state index is 12.3. The van der Waals surface area contributed by atoms with E-state index in [0.29, 0.717) is 24.3 Å². The number of hydrogen-bond acceptors (Lipinski definition) is 2. The second kappa shape index (κ2) is 8.38. The van der Waals surface area contributed by atoms with Crippen LogP contribution in [0, 0.1) is 0 Å². The van der Waals surface area contributed by atoms with Crippen molar-refractivity contribution in [1.82, 2.24) is 5.32 Å². The SMILES string of the molecule is CCCOc1cccc(C(=O)NC(CC)(CCl)CCl)c1. The smallest absolute Gasteiger partial charge is 0.251 e. The molecule has 0 bridgehead atoms. The lowest BCUT2D eigenvalue weighted by Crippen LogP contribution is -2.51. The molecule has 0 aliphatic rings. The van der Waals surface area contributed by atoms with E-state index in [4.69, 9.17) is 27.9 Å². The lowest BCUT2D eigenvalue weighted by atomic mass is 10.0. The fourth-order valence-corrected chi connectivity index (χ4v) is 2.44. The van der Waals surface area contributed by atoms with Gasteiger partial charge in [-0.15, -0.1) is 23.2 Å². The van der Waals surface area contributed by atoms with Gasteiger partial charge >= 0.3 is 0 Å². The Bertz CT molecular complexity index is 425. The van der Waals surface area contributed by atoms with Crippen molar-refractivity contribution in [3.8, 4) is 5.75 Å². The molecule has 112 valence electrons. The second-order valence-corrected chi connectivity index (χ2v) is 5.27. The topological polar surface area (TPSA) is 38.3 Å². The van der Waals surface area contributed by atoms with E-state index in [1.54, 1.807) is 18.2 Å². The summed E-state index contributed by atoms with van der Waals surface area (Å²) in [5, 5.41) is 2.92. The predicted molar refractivity (Wildman–Crippen MR) is 84.2 cm³/mol. The van der Waals surface area contributed by atoms with Crippen molar-refractivity contribution >= 4 is 29.1 Å². The summed E-state index contributed by atoms with van der Waals surface area (Å²) in [6, 6.07) is 7.11. The molecule has 0 aliphatic heterocycles. The van der Waals surface area contributed by atoms with Crippen LogP contribution in [-0.4, -0.2) is 29.8 Å². The van der Waals surface area contributed by atoms with Gasteiger partial charge in [0.15, 0.2) is 0 Å². The van der Waals surface area contributed by atoms with Crippen molar-refractivity contribution in [2.24, 2.45) is 0 Å². The largest absolute Gasteiger partial charge is 0.494 e. The summed E-state index contributed by atoms with van der Waals surface area (Å²) >= 11 is 11.9. The Hall–Kier alpha value is -0.930. The highest BCUT2D eigenvalue weighted by molar-refractivity contribution is 6.22. The van der Waals surface area contributed by atoms with Gasteiger partial charge in [-0.25, -0.2) is 0 Å². The van der Waals surface area contributed by atoms with Crippen molar-refractivity contribution in [2.75, 3.05) is 18.4 Å². The zero-order chi connectivity index (χ0) is 15.0. The molecular weight excluding hydrogens is 297 g/mol. The first-order valence-corrected chi connectivity index (χ1v) is 7.85. The van der Waals surface area contributed by atoms with E-state index in [0.717, 1.165) is 6.42 Å². The number of rotatable bonds is 8. The molecular formula is C15H21Cl2NO2. The zero-order valence-corrected chi connectivity index (χ0v) is 13.4. The number of halogens is 2. The van der Waals surface area contributed by atoms with Crippen molar-refractivity contribution < 1.29 is 9.53 Å². The normalized spacial score (nSPS) is 11.2. The predicted octanol–water partition coefficient (Wildman–Crippen LogP) is 3.83. The van der Waals surface area contributed by atoms with Crippen molar-refractivity contribution in [3.05, 3.63) is 29.8 Å². The van der Waals surface area contributed by atoms with Gasteiger partial charge in [0.1, 0.15) is 5.75 Å². The van der Waals surface area contributed by atoms with Gasteiger partial charge in [-0.3, -0.25) is 4.79 Å². The van der Waals surface area contributed by atoms with Gasteiger partial charge in [-0.05, 0) is 31.0 Å². The van der Waals surface area contributed by atoms with Gasteiger partial charge in [0.25, 0.3) is 5.91 Å². The summed E-state index contributed by atoms with van der Waals surface area (Å²) in [6.45, 7) is 4.62. The van der Waals surface area contributed by atoms with E-state index in [9.17, 15) is 4.79 Å². The standard InChI is InChI=1S/C15H21Cl2NO2/c1-3-8-20-13-7-5-6-12(9-13)14(19)18-15(4-2,10-16)11-17/h5-7,9H,3-4,8,10-11H2,1-2H3,(H,18,19). The number of alkyl halides is 2. The van der Waals surface area contributed by atoms with Gasteiger partial charge in [0, 0.05) is 17.3 Å². The monoisotopic (exact) mass is 317 g/mol. The Morgan fingerprint density at radius 1 is 1.30 bits per heavy atom. The minimum Gasteiger partial charge on any atom is -0.494 e. The molecule has 1 rings (SSSR count). The maximum atomic E-state index is 12.3. The summed E-state index contributed by atoms with van der Waals surface area (Å²) in [7, 11) is 0. The summed E-state index contributed by atoms with van der Waals surface area (Å²) in [4.78, 5) is 12.3. The van der Waals surface area contributed by atoms with E-state index in [-0.39, 0.29) is 17.7 Å². The number of carbonyl (C=O) groups excluding carboxylic acids is 1. The van der Waals surface area contributed by atoms with Crippen LogP contribution in [0.25, 0.3) is 0 Å². The molecule has 1 N–H and O–H groups in total. The molecule has 20 heavy (non-hydrogen) atoms. The van der Waals surface area contributed by atoms with Gasteiger partial charge in [-0.2, -0.15) is 0 Å². The molecule has 0 fully saturated rings. The molecule has 0 saturated heterocycles. The highest BCUT2D eigenvalue weighted by Gasteiger charge is 2.28. The number of nitrogens with one attached hydrogen (secondary N) is 1. The average Bonchev–Trinajstić information content (AvgIpc) is 2.51. The summed E-state index contributed by atoms with van der Waals surface area (Å²) in [6.07, 6.45) is 1.60. The van der Waals surface area contributed by atoms with Crippen LogP contribution >= 0.6 is 23.2 Å². The lowest BCUT2D eigenvalue weighted by Gasteiger charge is -2.29. The molecule has 1 aromatic carbocycles. The van der Waals surface area contributed by atoms with E-state index < -0.39 is 5.54 Å². The van der Waals surface area contributed by atoms with Crippen LogP contribution in [0.5, 0.6) is 5.75 Å². The third-order valence-corrected chi connectivity index (χ3v) is 4.16. The summed E-state index contributed by atoms with van der Waals surface area (Å²) < 4.78 is 5.52. The molecule has 0 aromatic heterocycles. The van der Waals surface area contributed by atoms with Crippen LogP contribution in [-0.2, 0) is 0 Å². The first kappa shape index (κ1) is 17.1. The second-order valence-electron chi connectivity index (χ2n) is 4.73. The average molecular weight is 318 g/mol. The van der Waals surface area contributed by atoms with E-state index in [1.807, 2.05) is 19.9 Å². The first-order valence-electron chi connectivity index (χ1n) is 6.78. The molecule has 0 saturated carbocycles. The molecule has 0 aliphatic carbocycles. The Kier molecular flexibility index (Phi) is 7.17. The van der Waals surface area contributed by atoms with Crippen LogP contribution in [0.3, 0.4) is 0 Å². The molecule has 0 spiro atoms. The summed E-state index contributed by atoms with van der Waals surface area (Å²) in [5.41, 5.74) is -0.0211. The number of amides is 1.